The molecule has 0 aliphatic heterocycles. The summed E-state index contributed by atoms with van der Waals surface area (Å²) in [7, 11) is 0. The molecule has 0 saturated carbocycles. The van der Waals surface area contributed by atoms with Crippen LogP contribution in [0.2, 0.25) is 0 Å². The highest BCUT2D eigenvalue weighted by Crippen LogP contribution is 2.15. The van der Waals surface area contributed by atoms with Gasteiger partial charge in [0.15, 0.2) is 12.2 Å². The Bertz CT molecular complexity index is 1210. The van der Waals surface area contributed by atoms with Crippen LogP contribution >= 0.6 is 0 Å². The van der Waals surface area contributed by atoms with Crippen LogP contribution in [0.15, 0.2) is 66.7 Å². The van der Waals surface area contributed by atoms with Gasteiger partial charge >= 0.3 is 11.9 Å². The first kappa shape index (κ1) is 25.9. The molecule has 2 unspecified atom stereocenters. The highest BCUT2D eigenvalue weighted by atomic mass is 19.1. The second-order valence-corrected chi connectivity index (χ2v) is 7.44. The molecule has 36 heavy (non-hydrogen) atoms. The van der Waals surface area contributed by atoms with Crippen molar-refractivity contribution < 1.29 is 37.4 Å². The van der Waals surface area contributed by atoms with Crippen molar-refractivity contribution in [1.29, 1.82) is 0 Å². The van der Waals surface area contributed by atoms with Crippen LogP contribution in [-0.4, -0.2) is 40.9 Å². The van der Waals surface area contributed by atoms with Crippen LogP contribution in [0, 0.1) is 11.6 Å². The lowest BCUT2D eigenvalue weighted by atomic mass is 10.2. The third-order valence-electron chi connectivity index (χ3n) is 4.74. The molecule has 2 amide bonds. The third-order valence-corrected chi connectivity index (χ3v) is 4.74. The lowest BCUT2D eigenvalue weighted by Crippen LogP contribution is -2.31. The molecule has 2 N–H and O–H groups in total. The summed E-state index contributed by atoms with van der Waals surface area (Å²) in [4.78, 5) is 53.2. The number of nitrogens with one attached hydrogen (secondary N) is 2. The summed E-state index contributed by atoms with van der Waals surface area (Å²) in [5.74, 6) is -4.92. The molecule has 3 aromatic rings. The van der Waals surface area contributed by atoms with Crippen LogP contribution in [-0.2, 0) is 19.1 Å². The van der Waals surface area contributed by atoms with Gasteiger partial charge in [-0.05, 0) is 50.2 Å². The summed E-state index contributed by atoms with van der Waals surface area (Å²) in [6.45, 7) is 2.56. The van der Waals surface area contributed by atoms with E-state index in [4.69, 9.17) is 9.47 Å². The molecule has 0 spiro atoms. The van der Waals surface area contributed by atoms with Gasteiger partial charge in [0.05, 0.1) is 11.4 Å². The Labute approximate surface area is 204 Å². The van der Waals surface area contributed by atoms with Crippen molar-refractivity contribution in [2.45, 2.75) is 26.1 Å². The van der Waals surface area contributed by atoms with E-state index in [-0.39, 0.29) is 22.8 Å². The molecule has 186 valence electrons. The van der Waals surface area contributed by atoms with Gasteiger partial charge in [-0.1, -0.05) is 30.3 Å². The molecule has 1 aromatic heterocycles. The number of carbonyl (C=O) groups excluding carboxylic acids is 4. The second-order valence-electron chi connectivity index (χ2n) is 7.44. The van der Waals surface area contributed by atoms with Crippen molar-refractivity contribution in [3.8, 4) is 0 Å². The zero-order chi connectivity index (χ0) is 26.2. The van der Waals surface area contributed by atoms with Gasteiger partial charge in [0.25, 0.3) is 11.8 Å². The number of hydrogen-bond donors (Lipinski definition) is 2. The zero-order valence-corrected chi connectivity index (χ0v) is 19.2. The minimum absolute atomic E-state index is 0.0820. The Hall–Kier alpha value is -4.67. The van der Waals surface area contributed by atoms with E-state index >= 15 is 0 Å². The normalized spacial score (nSPS) is 12.1. The van der Waals surface area contributed by atoms with Gasteiger partial charge in [-0.3, -0.25) is 9.59 Å². The average Bonchev–Trinajstić information content (AvgIpc) is 2.86. The first-order valence-electron chi connectivity index (χ1n) is 10.7. The fourth-order valence-corrected chi connectivity index (χ4v) is 2.80. The van der Waals surface area contributed by atoms with Crippen LogP contribution in [0.25, 0.3) is 0 Å². The number of halogens is 2. The quantitative estimate of drug-likeness (QED) is 0.455. The van der Waals surface area contributed by atoms with Crippen molar-refractivity contribution in [3.63, 3.8) is 0 Å². The molecule has 0 saturated heterocycles. The third kappa shape index (κ3) is 6.69. The van der Waals surface area contributed by atoms with Crippen molar-refractivity contribution in [3.05, 3.63) is 89.8 Å². The van der Waals surface area contributed by atoms with E-state index in [1.807, 2.05) is 0 Å². The van der Waals surface area contributed by atoms with Crippen LogP contribution in [0.1, 0.15) is 34.8 Å². The molecule has 0 radical (unpaired) electrons. The molecule has 3 rings (SSSR count). The second kappa shape index (κ2) is 11.6. The fourth-order valence-electron chi connectivity index (χ4n) is 2.80. The van der Waals surface area contributed by atoms with E-state index in [1.165, 1.54) is 68.4 Å². The number of esters is 2. The number of pyridine rings is 1. The van der Waals surface area contributed by atoms with Gasteiger partial charge in [-0.25, -0.2) is 23.4 Å². The topological polar surface area (TPSA) is 124 Å². The van der Waals surface area contributed by atoms with E-state index in [0.717, 1.165) is 12.1 Å². The van der Waals surface area contributed by atoms with Crippen molar-refractivity contribution >= 4 is 35.1 Å². The highest BCUT2D eigenvalue weighted by molar-refractivity contribution is 5.98. The van der Waals surface area contributed by atoms with Crippen molar-refractivity contribution in [2.24, 2.45) is 0 Å². The first-order valence-corrected chi connectivity index (χ1v) is 10.7. The zero-order valence-electron chi connectivity index (χ0n) is 19.2. The number of para-hydroxylation sites is 2. The number of ether oxygens (including phenoxy) is 2. The summed E-state index contributed by atoms with van der Waals surface area (Å²) in [6.07, 6.45) is -2.62. The maximum Gasteiger partial charge on any atom is 0.357 e. The fraction of sp³-hybridized carbons (Fsp3) is 0.160. The van der Waals surface area contributed by atoms with Gasteiger partial charge in [-0.15, -0.1) is 0 Å². The number of nitrogens with zero attached hydrogens (tertiary/aromatic N) is 1. The van der Waals surface area contributed by atoms with Crippen LogP contribution in [0.4, 0.5) is 20.2 Å². The Morgan fingerprint density at radius 2 is 1.06 bits per heavy atom. The maximum absolute atomic E-state index is 13.7. The molecule has 9 nitrogen and oxygen atoms in total. The van der Waals surface area contributed by atoms with Crippen molar-refractivity contribution in [2.75, 3.05) is 10.6 Å². The number of amides is 2. The largest absolute Gasteiger partial charge is 0.448 e. The molecule has 0 bridgehead atoms. The molecule has 0 aliphatic carbocycles. The number of anilines is 2. The molecule has 0 aliphatic rings. The first-order chi connectivity index (χ1) is 17.2. The Morgan fingerprint density at radius 3 is 1.44 bits per heavy atom. The van der Waals surface area contributed by atoms with Gasteiger partial charge in [0.1, 0.15) is 23.0 Å². The van der Waals surface area contributed by atoms with Crippen LogP contribution in [0.5, 0.6) is 0 Å². The molecular formula is C25H21F2N3O6. The minimum atomic E-state index is -1.31. The predicted molar refractivity (Wildman–Crippen MR) is 124 cm³/mol. The summed E-state index contributed by atoms with van der Waals surface area (Å²) in [5.41, 5.74) is -0.778. The van der Waals surface area contributed by atoms with Crippen LogP contribution < -0.4 is 10.6 Å². The summed E-state index contributed by atoms with van der Waals surface area (Å²) < 4.78 is 37.5. The van der Waals surface area contributed by atoms with E-state index in [9.17, 15) is 28.0 Å². The molecule has 0 fully saturated rings. The van der Waals surface area contributed by atoms with Crippen LogP contribution in [0.3, 0.4) is 0 Å². The lowest BCUT2D eigenvalue weighted by Gasteiger charge is -2.15. The lowest BCUT2D eigenvalue weighted by molar-refractivity contribution is -0.124. The molecule has 1 heterocycles. The minimum Gasteiger partial charge on any atom is -0.448 e. The number of benzene rings is 2. The monoisotopic (exact) mass is 497 g/mol. The van der Waals surface area contributed by atoms with Gasteiger partial charge < -0.3 is 20.1 Å². The smallest absolute Gasteiger partial charge is 0.357 e. The Kier molecular flexibility index (Phi) is 8.39. The SMILES string of the molecule is CC(OC(=O)c1cccc(C(=O)OC(C)C(=O)Nc2ccccc2F)n1)C(=O)Nc1ccccc1F. The summed E-state index contributed by atoms with van der Waals surface area (Å²) in [5, 5.41) is 4.60. The highest BCUT2D eigenvalue weighted by Gasteiger charge is 2.24. The summed E-state index contributed by atoms with van der Waals surface area (Å²) in [6, 6.07) is 14.8. The predicted octanol–water partition coefficient (Wildman–Crippen LogP) is 3.73. The van der Waals surface area contributed by atoms with E-state index in [1.54, 1.807) is 0 Å². The van der Waals surface area contributed by atoms with E-state index in [0.29, 0.717) is 0 Å². The van der Waals surface area contributed by atoms with Gasteiger partial charge in [0, 0.05) is 0 Å². The average molecular weight is 497 g/mol. The van der Waals surface area contributed by atoms with Crippen molar-refractivity contribution in [1.82, 2.24) is 4.98 Å². The number of aromatic nitrogens is 1. The Balaban J connectivity index is 1.59. The number of carbonyl (C=O) groups is 4. The molecule has 2 aromatic carbocycles. The molecular weight excluding hydrogens is 476 g/mol. The van der Waals surface area contributed by atoms with E-state index in [2.05, 4.69) is 15.6 Å². The van der Waals surface area contributed by atoms with Gasteiger partial charge in [0.2, 0.25) is 0 Å². The summed E-state index contributed by atoms with van der Waals surface area (Å²) >= 11 is 0. The standard InChI is InChI=1S/C25H21F2N3O6/c1-14(22(31)29-18-10-5-3-8-16(18)26)35-24(33)20-12-7-13-21(28-20)25(34)36-15(2)23(32)30-19-11-6-4-9-17(19)27/h3-15H,1-2H3,(H,29,31)(H,30,32). The van der Waals surface area contributed by atoms with E-state index < -0.39 is 47.6 Å². The maximum atomic E-state index is 13.7. The van der Waals surface area contributed by atoms with Gasteiger partial charge in [-0.2, -0.15) is 0 Å². The Morgan fingerprint density at radius 1 is 0.667 bits per heavy atom. The molecule has 2 atom stereocenters. The molecule has 11 heteroatoms. The number of hydrogen-bond acceptors (Lipinski definition) is 7. The number of rotatable bonds is 8.